The minimum absolute atomic E-state index is 0.0843. The summed E-state index contributed by atoms with van der Waals surface area (Å²) >= 11 is 0. The van der Waals surface area contributed by atoms with Crippen LogP contribution >= 0.6 is 0 Å². The number of hydrogen-bond acceptors (Lipinski definition) is 7. The van der Waals surface area contributed by atoms with Gasteiger partial charge in [-0.2, -0.15) is 0 Å². The standard InChI is InChI=1S/C19H30O7/c1-10-7-12(21)8-19(3,4)13(10)6-5-11(2)25-18-17(24)16(23)15(22)14(9-20)26-18/h5-7,11,13-18,20,22-24H,8-9H2,1-4H3/b6-5+/t11?,13?,14-,15-,16+,17-,18-/m1/s1. The van der Waals surface area contributed by atoms with Crippen molar-refractivity contribution in [2.45, 2.75) is 70.9 Å². The Hall–Kier alpha value is -1.09. The molecule has 4 N–H and O–H groups in total. The quantitative estimate of drug-likeness (QED) is 0.515. The Balaban J connectivity index is 2.03. The van der Waals surface area contributed by atoms with Crippen molar-refractivity contribution in [3.8, 4) is 0 Å². The number of rotatable bonds is 5. The Labute approximate surface area is 153 Å². The van der Waals surface area contributed by atoms with Gasteiger partial charge in [0.15, 0.2) is 12.1 Å². The molecule has 26 heavy (non-hydrogen) atoms. The van der Waals surface area contributed by atoms with Crippen LogP contribution in [0.15, 0.2) is 23.8 Å². The minimum Gasteiger partial charge on any atom is -0.394 e. The predicted molar refractivity (Wildman–Crippen MR) is 94.1 cm³/mol. The molecule has 1 saturated heterocycles. The first-order chi connectivity index (χ1) is 12.1. The fraction of sp³-hybridized carbons (Fsp3) is 0.737. The van der Waals surface area contributed by atoms with E-state index in [-0.39, 0.29) is 17.1 Å². The molecule has 1 aliphatic carbocycles. The number of ether oxygens (including phenoxy) is 2. The number of aliphatic hydroxyl groups is 4. The number of hydrogen-bond donors (Lipinski definition) is 4. The van der Waals surface area contributed by atoms with Gasteiger partial charge in [0.05, 0.1) is 12.7 Å². The Morgan fingerprint density at radius 2 is 1.96 bits per heavy atom. The molecule has 1 fully saturated rings. The summed E-state index contributed by atoms with van der Waals surface area (Å²) < 4.78 is 11.0. The van der Waals surface area contributed by atoms with Crippen molar-refractivity contribution in [1.82, 2.24) is 0 Å². The maximum absolute atomic E-state index is 11.8. The van der Waals surface area contributed by atoms with Crippen molar-refractivity contribution in [2.24, 2.45) is 11.3 Å². The van der Waals surface area contributed by atoms with E-state index in [0.29, 0.717) is 6.42 Å². The second-order valence-electron chi connectivity index (χ2n) is 7.92. The zero-order chi connectivity index (χ0) is 19.6. The van der Waals surface area contributed by atoms with Crippen molar-refractivity contribution in [3.63, 3.8) is 0 Å². The first kappa shape index (κ1) is 21.2. The Bertz CT molecular complexity index is 566. The topological polar surface area (TPSA) is 116 Å². The van der Waals surface area contributed by atoms with Gasteiger partial charge < -0.3 is 29.9 Å². The van der Waals surface area contributed by atoms with Crippen LogP contribution in [0.3, 0.4) is 0 Å². The lowest BCUT2D eigenvalue weighted by Crippen LogP contribution is -2.59. The van der Waals surface area contributed by atoms with Crippen molar-refractivity contribution in [2.75, 3.05) is 6.61 Å². The molecule has 0 radical (unpaired) electrons. The maximum atomic E-state index is 11.8. The summed E-state index contributed by atoms with van der Waals surface area (Å²) in [7, 11) is 0. The first-order valence-corrected chi connectivity index (χ1v) is 8.92. The zero-order valence-corrected chi connectivity index (χ0v) is 15.7. The van der Waals surface area contributed by atoms with Crippen LogP contribution in [0.4, 0.5) is 0 Å². The molecule has 7 nitrogen and oxygen atoms in total. The predicted octanol–water partition coefficient (Wildman–Crippen LogP) is 0.309. The molecule has 0 bridgehead atoms. The summed E-state index contributed by atoms with van der Waals surface area (Å²) in [6.07, 6.45) is -0.958. The number of allylic oxidation sites excluding steroid dienone is 3. The third-order valence-electron chi connectivity index (χ3n) is 5.12. The Kier molecular flexibility index (Phi) is 6.76. The Morgan fingerprint density at radius 1 is 1.31 bits per heavy atom. The van der Waals surface area contributed by atoms with Gasteiger partial charge in [-0.25, -0.2) is 0 Å². The molecule has 0 saturated carbocycles. The van der Waals surface area contributed by atoms with Gasteiger partial charge in [0.2, 0.25) is 0 Å². The lowest BCUT2D eigenvalue weighted by Gasteiger charge is -2.40. The van der Waals surface area contributed by atoms with Gasteiger partial charge in [0.25, 0.3) is 0 Å². The van der Waals surface area contributed by atoms with E-state index < -0.39 is 43.4 Å². The van der Waals surface area contributed by atoms with E-state index in [9.17, 15) is 25.2 Å². The highest BCUT2D eigenvalue weighted by Gasteiger charge is 2.44. The van der Waals surface area contributed by atoms with E-state index >= 15 is 0 Å². The van der Waals surface area contributed by atoms with Crippen molar-refractivity contribution < 1.29 is 34.7 Å². The lowest BCUT2D eigenvalue weighted by molar-refractivity contribution is -0.306. The highest BCUT2D eigenvalue weighted by molar-refractivity contribution is 5.92. The van der Waals surface area contributed by atoms with Crippen LogP contribution in [0.2, 0.25) is 0 Å². The highest BCUT2D eigenvalue weighted by atomic mass is 16.7. The van der Waals surface area contributed by atoms with Gasteiger partial charge in [-0.3, -0.25) is 4.79 Å². The summed E-state index contributed by atoms with van der Waals surface area (Å²) in [5.41, 5.74) is 0.789. The van der Waals surface area contributed by atoms with E-state index in [1.54, 1.807) is 13.0 Å². The summed E-state index contributed by atoms with van der Waals surface area (Å²) in [4.78, 5) is 11.8. The van der Waals surface area contributed by atoms with Crippen LogP contribution in [-0.2, 0) is 14.3 Å². The van der Waals surface area contributed by atoms with Crippen molar-refractivity contribution in [3.05, 3.63) is 23.8 Å². The molecule has 7 atom stereocenters. The van der Waals surface area contributed by atoms with Crippen LogP contribution in [0.5, 0.6) is 0 Å². The zero-order valence-electron chi connectivity index (χ0n) is 15.7. The molecule has 0 amide bonds. The SMILES string of the molecule is CC1=CC(=O)CC(C)(C)C1/C=C/C(C)O[C@@H]1O[C@H](CO)[C@@H](O)[C@H](O)[C@H]1O. The molecule has 2 aliphatic rings. The van der Waals surface area contributed by atoms with Crippen LogP contribution in [0, 0.1) is 11.3 Å². The smallest absolute Gasteiger partial charge is 0.187 e. The Morgan fingerprint density at radius 3 is 2.54 bits per heavy atom. The molecule has 2 rings (SSSR count). The molecular formula is C19H30O7. The molecule has 0 spiro atoms. The maximum Gasteiger partial charge on any atom is 0.187 e. The molecule has 0 aromatic heterocycles. The summed E-state index contributed by atoms with van der Waals surface area (Å²) in [6.45, 7) is 7.28. The van der Waals surface area contributed by atoms with Gasteiger partial charge in [-0.1, -0.05) is 31.6 Å². The van der Waals surface area contributed by atoms with Crippen molar-refractivity contribution in [1.29, 1.82) is 0 Å². The van der Waals surface area contributed by atoms with E-state index in [2.05, 4.69) is 0 Å². The summed E-state index contributed by atoms with van der Waals surface area (Å²) in [5, 5.41) is 38.9. The van der Waals surface area contributed by atoms with Crippen LogP contribution < -0.4 is 0 Å². The van der Waals surface area contributed by atoms with E-state index in [0.717, 1.165) is 5.57 Å². The molecule has 0 aromatic carbocycles. The van der Waals surface area contributed by atoms with Crippen molar-refractivity contribution >= 4 is 5.78 Å². The van der Waals surface area contributed by atoms with Gasteiger partial charge >= 0.3 is 0 Å². The average Bonchev–Trinajstić information content (AvgIpc) is 2.53. The van der Waals surface area contributed by atoms with E-state index in [1.807, 2.05) is 32.9 Å². The molecule has 1 aliphatic heterocycles. The van der Waals surface area contributed by atoms with E-state index in [4.69, 9.17) is 9.47 Å². The monoisotopic (exact) mass is 370 g/mol. The average molecular weight is 370 g/mol. The molecule has 1 heterocycles. The number of carbonyl (C=O) groups excluding carboxylic acids is 1. The number of ketones is 1. The molecule has 7 heteroatoms. The highest BCUT2D eigenvalue weighted by Crippen LogP contribution is 2.40. The first-order valence-electron chi connectivity index (χ1n) is 8.92. The molecule has 0 aromatic rings. The lowest BCUT2D eigenvalue weighted by atomic mass is 9.68. The molecule has 148 valence electrons. The fourth-order valence-electron chi connectivity index (χ4n) is 3.69. The normalized spacial score (nSPS) is 39.1. The van der Waals surface area contributed by atoms with Crippen LogP contribution in [0.1, 0.15) is 34.1 Å². The number of carbonyl (C=O) groups is 1. The van der Waals surface area contributed by atoms with Gasteiger partial charge in [0, 0.05) is 12.3 Å². The van der Waals surface area contributed by atoms with Gasteiger partial charge in [-0.15, -0.1) is 0 Å². The third kappa shape index (κ3) is 4.60. The van der Waals surface area contributed by atoms with Crippen LogP contribution in [-0.4, -0.2) is 69.6 Å². The third-order valence-corrected chi connectivity index (χ3v) is 5.12. The van der Waals surface area contributed by atoms with Gasteiger partial charge in [-0.05, 0) is 25.3 Å². The van der Waals surface area contributed by atoms with Gasteiger partial charge in [0.1, 0.15) is 24.4 Å². The largest absolute Gasteiger partial charge is 0.394 e. The van der Waals surface area contributed by atoms with Crippen LogP contribution in [0.25, 0.3) is 0 Å². The fourth-order valence-corrected chi connectivity index (χ4v) is 3.69. The second kappa shape index (κ2) is 8.29. The minimum atomic E-state index is -1.46. The summed E-state index contributed by atoms with van der Waals surface area (Å²) in [6, 6.07) is 0. The van der Waals surface area contributed by atoms with E-state index in [1.165, 1.54) is 0 Å². The molecule has 2 unspecified atom stereocenters. The molecular weight excluding hydrogens is 340 g/mol. The number of aliphatic hydroxyl groups excluding tert-OH is 4. The summed E-state index contributed by atoms with van der Waals surface area (Å²) in [5.74, 6) is 0.212. The second-order valence-corrected chi connectivity index (χ2v) is 7.92.